The second-order valence-electron chi connectivity index (χ2n) is 5.59. The topological polar surface area (TPSA) is 83.1 Å². The van der Waals surface area contributed by atoms with Crippen LogP contribution in [0.25, 0.3) is 16.2 Å². The Bertz CT molecular complexity index is 943. The van der Waals surface area contributed by atoms with Crippen LogP contribution in [0, 0.1) is 11.3 Å². The first-order valence-corrected chi connectivity index (χ1v) is 8.15. The molecule has 23 heavy (non-hydrogen) atoms. The number of hydrogen-bond acceptors (Lipinski definition) is 5. The average Bonchev–Trinajstić information content (AvgIpc) is 3.20. The van der Waals surface area contributed by atoms with Crippen LogP contribution in [0.3, 0.4) is 0 Å². The van der Waals surface area contributed by atoms with E-state index < -0.39 is 0 Å². The summed E-state index contributed by atoms with van der Waals surface area (Å²) in [5, 5.41) is 17.8. The Hall–Kier alpha value is -2.72. The van der Waals surface area contributed by atoms with Crippen molar-refractivity contribution in [1.82, 2.24) is 14.6 Å². The number of fused-ring (bicyclic) bond motifs is 1. The zero-order valence-electron chi connectivity index (χ0n) is 12.4. The third-order valence-corrected chi connectivity index (χ3v) is 4.80. The molecule has 2 heterocycles. The molecule has 1 amide bonds. The Morgan fingerprint density at radius 2 is 2.13 bits per heavy atom. The minimum atomic E-state index is -0.116. The second-order valence-corrected chi connectivity index (χ2v) is 6.58. The number of anilines is 1. The Labute approximate surface area is 136 Å². The van der Waals surface area contributed by atoms with Gasteiger partial charge in [-0.1, -0.05) is 23.5 Å². The predicted molar refractivity (Wildman–Crippen MR) is 87.3 cm³/mol. The molecule has 0 aliphatic heterocycles. The van der Waals surface area contributed by atoms with Crippen molar-refractivity contribution in [1.29, 1.82) is 5.26 Å². The van der Waals surface area contributed by atoms with Crippen LogP contribution in [0.5, 0.6) is 0 Å². The number of aromatic nitrogens is 3. The van der Waals surface area contributed by atoms with Crippen molar-refractivity contribution < 1.29 is 4.79 Å². The van der Waals surface area contributed by atoms with Crippen molar-refractivity contribution in [2.45, 2.75) is 25.7 Å². The minimum Gasteiger partial charge on any atom is -0.326 e. The zero-order valence-corrected chi connectivity index (χ0v) is 13.2. The van der Waals surface area contributed by atoms with Crippen molar-refractivity contribution in [2.75, 3.05) is 5.32 Å². The summed E-state index contributed by atoms with van der Waals surface area (Å²) < 4.78 is 1.65. The van der Waals surface area contributed by atoms with Crippen LogP contribution in [0.2, 0.25) is 0 Å². The molecule has 0 spiro atoms. The number of amides is 1. The number of nitrogens with zero attached hydrogens (tertiary/aromatic N) is 4. The maximum absolute atomic E-state index is 11.1. The monoisotopic (exact) mass is 323 g/mol. The molecule has 1 saturated carbocycles. The van der Waals surface area contributed by atoms with Crippen LogP contribution in [0.1, 0.15) is 36.4 Å². The molecule has 0 saturated heterocycles. The van der Waals surface area contributed by atoms with Gasteiger partial charge in [0.25, 0.3) is 0 Å². The van der Waals surface area contributed by atoms with Gasteiger partial charge in [0.15, 0.2) is 5.69 Å². The molecule has 0 atom stereocenters. The smallest absolute Gasteiger partial charge is 0.221 e. The maximum Gasteiger partial charge on any atom is 0.221 e. The molecule has 1 aliphatic rings. The van der Waals surface area contributed by atoms with Gasteiger partial charge in [-0.3, -0.25) is 4.79 Å². The fraction of sp³-hybridized carbons (Fsp3) is 0.250. The Balaban J connectivity index is 1.74. The summed E-state index contributed by atoms with van der Waals surface area (Å²) in [6.07, 6.45) is 2.35. The largest absolute Gasteiger partial charge is 0.326 e. The van der Waals surface area contributed by atoms with Crippen LogP contribution in [-0.2, 0) is 4.79 Å². The van der Waals surface area contributed by atoms with Crippen molar-refractivity contribution in [3.8, 4) is 17.3 Å². The van der Waals surface area contributed by atoms with E-state index >= 15 is 0 Å². The molecule has 4 rings (SSSR count). The molecular weight excluding hydrogens is 310 g/mol. The Kier molecular flexibility index (Phi) is 3.13. The summed E-state index contributed by atoms with van der Waals surface area (Å²) in [5.74, 6) is 0.434. The number of imidazole rings is 1. The lowest BCUT2D eigenvalue weighted by Crippen LogP contribution is -2.05. The third kappa shape index (κ3) is 2.47. The van der Waals surface area contributed by atoms with E-state index in [0.29, 0.717) is 17.3 Å². The number of rotatable bonds is 3. The molecule has 2 aromatic heterocycles. The van der Waals surface area contributed by atoms with E-state index in [1.54, 1.807) is 28.0 Å². The summed E-state index contributed by atoms with van der Waals surface area (Å²) in [4.78, 5) is 16.4. The molecule has 1 aromatic carbocycles. The van der Waals surface area contributed by atoms with Gasteiger partial charge in [-0.2, -0.15) is 14.9 Å². The van der Waals surface area contributed by atoms with Crippen molar-refractivity contribution in [3.63, 3.8) is 0 Å². The molecule has 1 N–H and O–H groups in total. The van der Waals surface area contributed by atoms with Crippen LogP contribution >= 0.6 is 11.3 Å². The highest BCUT2D eigenvalue weighted by molar-refractivity contribution is 7.16. The molecule has 114 valence electrons. The van der Waals surface area contributed by atoms with Crippen LogP contribution in [0.4, 0.5) is 5.69 Å². The van der Waals surface area contributed by atoms with E-state index in [1.165, 1.54) is 19.8 Å². The Morgan fingerprint density at radius 1 is 1.39 bits per heavy atom. The van der Waals surface area contributed by atoms with E-state index in [1.807, 2.05) is 12.1 Å². The van der Waals surface area contributed by atoms with E-state index in [0.717, 1.165) is 21.2 Å². The first-order valence-electron chi connectivity index (χ1n) is 7.33. The molecule has 0 radical (unpaired) electrons. The molecule has 0 bridgehead atoms. The van der Waals surface area contributed by atoms with Gasteiger partial charge in [0.2, 0.25) is 10.9 Å². The van der Waals surface area contributed by atoms with Crippen molar-refractivity contribution >= 4 is 27.9 Å². The Morgan fingerprint density at radius 3 is 2.74 bits per heavy atom. The van der Waals surface area contributed by atoms with Gasteiger partial charge >= 0.3 is 0 Å². The van der Waals surface area contributed by atoms with Crippen LogP contribution in [0.15, 0.2) is 24.3 Å². The van der Waals surface area contributed by atoms with Gasteiger partial charge in [-0.05, 0) is 25.0 Å². The first-order chi connectivity index (χ1) is 11.2. The first kappa shape index (κ1) is 13.9. The lowest BCUT2D eigenvalue weighted by molar-refractivity contribution is -0.114. The normalized spacial score (nSPS) is 13.9. The number of nitrogens with one attached hydrogen (secondary N) is 1. The van der Waals surface area contributed by atoms with Gasteiger partial charge in [0.1, 0.15) is 16.8 Å². The molecule has 7 heteroatoms. The summed E-state index contributed by atoms with van der Waals surface area (Å²) in [6.45, 7) is 1.47. The molecule has 1 fully saturated rings. The lowest BCUT2D eigenvalue weighted by atomic mass is 10.1. The quantitative estimate of drug-likeness (QED) is 0.802. The number of nitriles is 1. The SMILES string of the molecule is CC(=O)Nc1ccc(-c2nc3sc(C4CC4)nn3c2C#N)cc1. The van der Waals surface area contributed by atoms with Crippen molar-refractivity contribution in [2.24, 2.45) is 0 Å². The van der Waals surface area contributed by atoms with Gasteiger partial charge < -0.3 is 5.32 Å². The number of carbonyl (C=O) groups is 1. The van der Waals surface area contributed by atoms with E-state index in [-0.39, 0.29) is 5.91 Å². The fourth-order valence-electron chi connectivity index (χ4n) is 2.47. The highest BCUT2D eigenvalue weighted by Crippen LogP contribution is 2.42. The van der Waals surface area contributed by atoms with Gasteiger partial charge in [0.05, 0.1) is 0 Å². The van der Waals surface area contributed by atoms with E-state index in [4.69, 9.17) is 0 Å². The third-order valence-electron chi connectivity index (χ3n) is 3.73. The van der Waals surface area contributed by atoms with Crippen molar-refractivity contribution in [3.05, 3.63) is 35.0 Å². The lowest BCUT2D eigenvalue weighted by Gasteiger charge is -2.03. The highest BCUT2D eigenvalue weighted by atomic mass is 32.1. The maximum atomic E-state index is 11.1. The summed E-state index contributed by atoms with van der Waals surface area (Å²) in [7, 11) is 0. The van der Waals surface area contributed by atoms with Gasteiger partial charge in [-0.15, -0.1) is 0 Å². The van der Waals surface area contributed by atoms with E-state index in [9.17, 15) is 10.1 Å². The number of benzene rings is 1. The second kappa shape index (κ2) is 5.18. The fourth-order valence-corrected chi connectivity index (χ4v) is 3.54. The molecule has 0 unspecified atom stereocenters. The summed E-state index contributed by atoms with van der Waals surface area (Å²) in [5.41, 5.74) is 2.63. The highest BCUT2D eigenvalue weighted by Gasteiger charge is 2.29. The molecule has 1 aliphatic carbocycles. The molecule has 3 aromatic rings. The zero-order chi connectivity index (χ0) is 16.0. The van der Waals surface area contributed by atoms with Gasteiger partial charge in [0, 0.05) is 24.1 Å². The molecule has 6 nitrogen and oxygen atoms in total. The number of carbonyl (C=O) groups excluding carboxylic acids is 1. The minimum absolute atomic E-state index is 0.116. The predicted octanol–water partition coefficient (Wildman–Crippen LogP) is 3.17. The summed E-state index contributed by atoms with van der Waals surface area (Å²) >= 11 is 1.56. The standard InChI is InChI=1S/C16H13N5OS/c1-9(22)18-12-6-4-10(5-7-12)14-13(8-17)21-16(19-14)23-15(20-21)11-2-3-11/h4-7,11H,2-3H2,1H3,(H,18,22). The van der Waals surface area contributed by atoms with Gasteiger partial charge in [-0.25, -0.2) is 4.98 Å². The van der Waals surface area contributed by atoms with Crippen LogP contribution < -0.4 is 5.32 Å². The average molecular weight is 323 g/mol. The summed E-state index contributed by atoms with van der Waals surface area (Å²) in [6, 6.07) is 9.51. The number of hydrogen-bond donors (Lipinski definition) is 1. The van der Waals surface area contributed by atoms with Crippen LogP contribution in [-0.4, -0.2) is 20.5 Å². The van der Waals surface area contributed by atoms with E-state index in [2.05, 4.69) is 21.5 Å². The molecular formula is C16H13N5OS.